The first-order valence-corrected chi connectivity index (χ1v) is 10.3. The molecular formula is C23H18F3N3O3S. The number of aromatic nitrogens is 3. The van der Waals surface area contributed by atoms with Crippen molar-refractivity contribution in [1.29, 1.82) is 0 Å². The van der Waals surface area contributed by atoms with E-state index in [1.165, 1.54) is 11.7 Å². The van der Waals surface area contributed by atoms with Crippen molar-refractivity contribution in [3.63, 3.8) is 0 Å². The van der Waals surface area contributed by atoms with Crippen molar-refractivity contribution in [3.05, 3.63) is 75.3 Å². The van der Waals surface area contributed by atoms with E-state index < -0.39 is 22.7 Å². The SMILES string of the molecule is CCOc1ccccc1-n1c(=S)[nH]c(=O)c2c(C(F)(F)F)cc(-c3ccc(OC)cc3)nc21. The predicted octanol–water partition coefficient (Wildman–Crippen LogP) is 5.54. The number of hydrogen-bond donors (Lipinski definition) is 1. The maximum atomic E-state index is 14.1. The van der Waals surface area contributed by atoms with Gasteiger partial charge >= 0.3 is 6.18 Å². The summed E-state index contributed by atoms with van der Waals surface area (Å²) in [4.78, 5) is 19.5. The van der Waals surface area contributed by atoms with E-state index in [4.69, 9.17) is 21.7 Å². The molecule has 2 heterocycles. The number of fused-ring (bicyclic) bond motifs is 1. The molecular weight excluding hydrogens is 455 g/mol. The van der Waals surface area contributed by atoms with E-state index in [1.807, 2.05) is 0 Å². The van der Waals surface area contributed by atoms with Gasteiger partial charge in [-0.3, -0.25) is 14.3 Å². The molecule has 4 aromatic rings. The van der Waals surface area contributed by atoms with Crippen LogP contribution in [0.1, 0.15) is 12.5 Å². The molecule has 0 aliphatic heterocycles. The first kappa shape index (κ1) is 22.5. The van der Waals surface area contributed by atoms with Crippen molar-refractivity contribution in [2.45, 2.75) is 13.1 Å². The van der Waals surface area contributed by atoms with E-state index >= 15 is 0 Å². The largest absolute Gasteiger partial charge is 0.497 e. The van der Waals surface area contributed by atoms with Crippen LogP contribution >= 0.6 is 12.2 Å². The fraction of sp³-hybridized carbons (Fsp3) is 0.174. The monoisotopic (exact) mass is 473 g/mol. The predicted molar refractivity (Wildman–Crippen MR) is 121 cm³/mol. The topological polar surface area (TPSA) is 69.1 Å². The van der Waals surface area contributed by atoms with Crippen molar-refractivity contribution in [2.75, 3.05) is 13.7 Å². The van der Waals surface area contributed by atoms with Gasteiger partial charge in [-0.15, -0.1) is 0 Å². The first-order chi connectivity index (χ1) is 15.7. The third kappa shape index (κ3) is 4.21. The zero-order chi connectivity index (χ0) is 23.8. The molecule has 0 fully saturated rings. The second kappa shape index (κ2) is 8.70. The molecule has 33 heavy (non-hydrogen) atoms. The van der Waals surface area contributed by atoms with E-state index in [1.54, 1.807) is 55.5 Å². The quantitative estimate of drug-likeness (QED) is 0.386. The highest BCUT2D eigenvalue weighted by Gasteiger charge is 2.36. The zero-order valence-electron chi connectivity index (χ0n) is 17.6. The second-order valence-electron chi connectivity index (χ2n) is 6.98. The van der Waals surface area contributed by atoms with Crippen molar-refractivity contribution in [1.82, 2.24) is 14.5 Å². The Balaban J connectivity index is 2.14. The highest BCUT2D eigenvalue weighted by Crippen LogP contribution is 2.37. The van der Waals surface area contributed by atoms with E-state index in [0.717, 1.165) is 6.07 Å². The minimum Gasteiger partial charge on any atom is -0.497 e. The summed E-state index contributed by atoms with van der Waals surface area (Å²) < 4.78 is 54.2. The molecule has 0 radical (unpaired) electrons. The number of halogens is 3. The molecule has 0 saturated carbocycles. The van der Waals surface area contributed by atoms with Crippen molar-refractivity contribution >= 4 is 23.3 Å². The molecule has 0 unspecified atom stereocenters. The van der Waals surface area contributed by atoms with Gasteiger partial charge in [0, 0.05) is 5.56 Å². The van der Waals surface area contributed by atoms with Gasteiger partial charge in [0.05, 0.1) is 36.0 Å². The van der Waals surface area contributed by atoms with Crippen LogP contribution in [0.15, 0.2) is 59.4 Å². The molecule has 0 atom stereocenters. The molecule has 1 N–H and O–H groups in total. The number of ether oxygens (including phenoxy) is 2. The first-order valence-electron chi connectivity index (χ1n) is 9.88. The molecule has 170 valence electrons. The Labute approximate surface area is 191 Å². The molecule has 6 nitrogen and oxygen atoms in total. The molecule has 4 rings (SSSR count). The molecule has 0 amide bonds. The number of pyridine rings is 1. The van der Waals surface area contributed by atoms with Crippen molar-refractivity contribution < 1.29 is 22.6 Å². The number of rotatable bonds is 5. The summed E-state index contributed by atoms with van der Waals surface area (Å²) in [5, 5.41) is -0.611. The van der Waals surface area contributed by atoms with Gasteiger partial charge in [0.1, 0.15) is 11.5 Å². The fourth-order valence-corrected chi connectivity index (χ4v) is 3.78. The minimum atomic E-state index is -4.81. The van der Waals surface area contributed by atoms with Gasteiger partial charge in [0.15, 0.2) is 10.4 Å². The van der Waals surface area contributed by atoms with Crippen LogP contribution in [0.5, 0.6) is 11.5 Å². The van der Waals surface area contributed by atoms with Crippen LogP contribution in [0.4, 0.5) is 13.2 Å². The lowest BCUT2D eigenvalue weighted by atomic mass is 10.1. The summed E-state index contributed by atoms with van der Waals surface area (Å²) in [5.41, 5.74) is -1.51. The number of nitrogens with zero attached hydrogens (tertiary/aromatic N) is 2. The summed E-state index contributed by atoms with van der Waals surface area (Å²) >= 11 is 5.34. The molecule has 10 heteroatoms. The number of alkyl halides is 3. The van der Waals surface area contributed by atoms with Gasteiger partial charge in [-0.1, -0.05) is 12.1 Å². The van der Waals surface area contributed by atoms with E-state index in [2.05, 4.69) is 9.97 Å². The summed E-state index contributed by atoms with van der Waals surface area (Å²) in [6.07, 6.45) is -4.81. The smallest absolute Gasteiger partial charge is 0.417 e. The van der Waals surface area contributed by atoms with Crippen LogP contribution in [0, 0.1) is 4.77 Å². The summed E-state index contributed by atoms with van der Waals surface area (Å²) in [7, 11) is 1.49. The lowest BCUT2D eigenvalue weighted by molar-refractivity contribution is -0.136. The normalized spacial score (nSPS) is 11.5. The third-order valence-electron chi connectivity index (χ3n) is 4.96. The number of methoxy groups -OCH3 is 1. The second-order valence-corrected chi connectivity index (χ2v) is 7.36. The summed E-state index contributed by atoms with van der Waals surface area (Å²) in [6, 6.07) is 14.0. The highest BCUT2D eigenvalue weighted by atomic mass is 32.1. The highest BCUT2D eigenvalue weighted by molar-refractivity contribution is 7.71. The van der Waals surface area contributed by atoms with Crippen molar-refractivity contribution in [3.8, 4) is 28.4 Å². The van der Waals surface area contributed by atoms with Crippen molar-refractivity contribution in [2.24, 2.45) is 0 Å². The number of aromatic amines is 1. The van der Waals surface area contributed by atoms with Gasteiger partial charge in [0.2, 0.25) is 0 Å². The Bertz CT molecular complexity index is 1440. The van der Waals surface area contributed by atoms with Gasteiger partial charge in [-0.05, 0) is 61.6 Å². The molecule has 2 aromatic carbocycles. The van der Waals surface area contributed by atoms with E-state index in [-0.39, 0.29) is 16.1 Å². The van der Waals surface area contributed by atoms with Gasteiger partial charge < -0.3 is 9.47 Å². The van der Waals surface area contributed by atoms with Crippen LogP contribution < -0.4 is 15.0 Å². The van der Waals surface area contributed by atoms with Gasteiger partial charge in [-0.2, -0.15) is 13.2 Å². The Morgan fingerprint density at radius 2 is 1.82 bits per heavy atom. The number of H-pyrrole nitrogens is 1. The number of benzene rings is 2. The molecule has 0 aliphatic rings. The lowest BCUT2D eigenvalue weighted by Crippen LogP contribution is -2.20. The van der Waals surface area contributed by atoms with Crippen LogP contribution in [0.2, 0.25) is 0 Å². The Hall–Kier alpha value is -3.66. The van der Waals surface area contributed by atoms with Gasteiger partial charge in [0.25, 0.3) is 5.56 Å². The lowest BCUT2D eigenvalue weighted by Gasteiger charge is -2.18. The molecule has 2 aromatic heterocycles. The maximum absolute atomic E-state index is 14.1. The molecule has 0 saturated heterocycles. The van der Waals surface area contributed by atoms with E-state index in [9.17, 15) is 18.0 Å². The van der Waals surface area contributed by atoms with Crippen LogP contribution in [-0.4, -0.2) is 28.3 Å². The standard InChI is InChI=1S/C23H18F3N3O3S/c1-3-32-18-7-5-4-6-17(18)29-20-19(21(30)28-22(29)33)15(23(24,25)26)12-16(27-20)13-8-10-14(31-2)11-9-13/h4-12H,3H2,1-2H3,(H,28,30,33). The fourth-order valence-electron chi connectivity index (χ4n) is 3.51. The minimum absolute atomic E-state index is 0.0279. The maximum Gasteiger partial charge on any atom is 0.417 e. The Kier molecular flexibility index (Phi) is 5.94. The summed E-state index contributed by atoms with van der Waals surface area (Å²) in [5.74, 6) is 0.926. The summed E-state index contributed by atoms with van der Waals surface area (Å²) in [6.45, 7) is 2.10. The third-order valence-corrected chi connectivity index (χ3v) is 5.24. The van der Waals surface area contributed by atoms with Gasteiger partial charge in [-0.25, -0.2) is 4.98 Å². The number of nitrogens with one attached hydrogen (secondary N) is 1. The Morgan fingerprint density at radius 1 is 1.12 bits per heavy atom. The number of hydrogen-bond acceptors (Lipinski definition) is 5. The molecule has 0 spiro atoms. The number of para-hydroxylation sites is 2. The molecule has 0 bridgehead atoms. The Morgan fingerprint density at radius 3 is 2.45 bits per heavy atom. The van der Waals surface area contributed by atoms with Crippen LogP contribution in [0.25, 0.3) is 28.0 Å². The average molecular weight is 473 g/mol. The zero-order valence-corrected chi connectivity index (χ0v) is 18.4. The van der Waals surface area contributed by atoms with E-state index in [0.29, 0.717) is 29.4 Å². The molecule has 0 aliphatic carbocycles. The van der Waals surface area contributed by atoms with Crippen LogP contribution in [-0.2, 0) is 6.18 Å². The average Bonchev–Trinajstić information content (AvgIpc) is 2.79. The van der Waals surface area contributed by atoms with Crippen LogP contribution in [0.3, 0.4) is 0 Å².